The molecule has 80 heavy (non-hydrogen) atoms. The predicted molar refractivity (Wildman–Crippen MR) is 339 cm³/mol. The quantitative estimate of drug-likeness (QED) is 0.107. The Morgan fingerprint density at radius 3 is 0.325 bits per heavy atom. The van der Waals surface area contributed by atoms with Crippen molar-refractivity contribution >= 4 is 34.1 Å². The molecule has 0 unspecified atom stereocenters. The molecule has 0 spiro atoms. The third kappa shape index (κ3) is 10.6. The lowest BCUT2D eigenvalue weighted by Crippen LogP contribution is -2.09. The third-order valence-corrected chi connectivity index (χ3v) is 15.2. The zero-order valence-electron chi connectivity index (χ0n) is 44.2. The Hall–Kier alpha value is -10.5. The van der Waals surface area contributed by atoms with Crippen molar-refractivity contribution in [1.29, 1.82) is 0 Å². The van der Waals surface area contributed by atoms with E-state index in [0.717, 1.165) is 45.3 Å². The highest BCUT2D eigenvalue weighted by Crippen LogP contribution is 2.41. The van der Waals surface area contributed by atoms with Crippen LogP contribution in [0.3, 0.4) is 0 Å². The van der Waals surface area contributed by atoms with Gasteiger partial charge in [-0.1, -0.05) is 267 Å². The lowest BCUT2D eigenvalue weighted by Gasteiger charge is -2.26. The second-order valence-electron chi connectivity index (χ2n) is 20.1. The van der Waals surface area contributed by atoms with Crippen LogP contribution in [0.1, 0.15) is 0 Å². The Morgan fingerprint density at radius 2 is 0.200 bits per heavy atom. The van der Waals surface area contributed by atoms with E-state index in [2.05, 4.69) is 350 Å². The fourth-order valence-corrected chi connectivity index (χ4v) is 10.8. The largest absolute Gasteiger partial charge is 0.311 e. The molecule has 2 heteroatoms. The molecular formula is C78H56N2. The molecule has 0 aliphatic carbocycles. The highest BCUT2D eigenvalue weighted by atomic mass is 15.1. The fraction of sp³-hybridized carbons (Fsp3) is 0. The number of anilines is 6. The number of benzene rings is 13. The first-order valence-corrected chi connectivity index (χ1v) is 27.4. The molecule has 0 radical (unpaired) electrons. The molecule has 13 rings (SSSR count). The van der Waals surface area contributed by atoms with E-state index in [0.29, 0.717) is 0 Å². The first-order chi connectivity index (χ1) is 39.6. The summed E-state index contributed by atoms with van der Waals surface area (Å²) in [4.78, 5) is 4.69. The Bertz CT molecular complexity index is 3810. The lowest BCUT2D eigenvalue weighted by atomic mass is 9.99. The standard InChI is InChI=1S/C78H56N2/c1-5-13-57(14-6-1)61-21-25-63(26-22-61)69-37-49-75(50-38-69)79(73-45-33-67(34-46-73)59-17-9-3-10-18-59)77-53-41-71(42-54-77)65-29-31-66(32-30-65)72-43-55-78(56-44-72)80(74-47-35-68(36-48-74)60-19-11-4-12-20-60)76-51-39-70(40-52-76)64-27-23-62(24-28-64)58-15-7-2-8-16-58/h1-56H. The van der Waals surface area contributed by atoms with E-state index in [4.69, 9.17) is 0 Å². The molecule has 0 saturated heterocycles. The van der Waals surface area contributed by atoms with Crippen LogP contribution >= 0.6 is 0 Å². The van der Waals surface area contributed by atoms with E-state index in [9.17, 15) is 0 Å². The normalized spacial score (nSPS) is 11.0. The first-order valence-electron chi connectivity index (χ1n) is 27.4. The van der Waals surface area contributed by atoms with Crippen LogP contribution in [0.15, 0.2) is 340 Å². The average molecular weight is 1020 g/mol. The van der Waals surface area contributed by atoms with E-state index in [1.807, 2.05) is 0 Å². The lowest BCUT2D eigenvalue weighted by molar-refractivity contribution is 1.28. The van der Waals surface area contributed by atoms with Gasteiger partial charge in [0.05, 0.1) is 0 Å². The molecule has 0 N–H and O–H groups in total. The van der Waals surface area contributed by atoms with Crippen molar-refractivity contribution in [3.05, 3.63) is 340 Å². The summed E-state index contributed by atoms with van der Waals surface area (Å²) in [5.41, 5.74) is 25.6. The second kappa shape index (κ2) is 22.6. The first kappa shape index (κ1) is 49.1. The van der Waals surface area contributed by atoms with Crippen molar-refractivity contribution in [3.8, 4) is 89.0 Å². The molecule has 0 aliphatic heterocycles. The Balaban J connectivity index is 0.752. The van der Waals surface area contributed by atoms with Gasteiger partial charge in [0, 0.05) is 34.1 Å². The summed E-state index contributed by atoms with van der Waals surface area (Å²) in [7, 11) is 0. The van der Waals surface area contributed by atoms with Crippen molar-refractivity contribution in [2.24, 2.45) is 0 Å². The van der Waals surface area contributed by atoms with Crippen LogP contribution in [0.4, 0.5) is 34.1 Å². The van der Waals surface area contributed by atoms with Crippen molar-refractivity contribution in [2.75, 3.05) is 9.80 Å². The molecule has 378 valence electrons. The number of hydrogen-bond donors (Lipinski definition) is 0. The molecule has 0 aromatic heterocycles. The van der Waals surface area contributed by atoms with Gasteiger partial charge in [0.15, 0.2) is 0 Å². The van der Waals surface area contributed by atoms with E-state index in [1.54, 1.807) is 0 Å². The van der Waals surface area contributed by atoms with Gasteiger partial charge in [-0.15, -0.1) is 0 Å². The third-order valence-electron chi connectivity index (χ3n) is 15.2. The molecule has 0 heterocycles. The van der Waals surface area contributed by atoms with Gasteiger partial charge in [0.25, 0.3) is 0 Å². The highest BCUT2D eigenvalue weighted by Gasteiger charge is 2.17. The van der Waals surface area contributed by atoms with Crippen LogP contribution in [0, 0.1) is 0 Å². The van der Waals surface area contributed by atoms with Crippen LogP contribution in [0.2, 0.25) is 0 Å². The summed E-state index contributed by atoms with van der Waals surface area (Å²) in [6.07, 6.45) is 0. The van der Waals surface area contributed by atoms with Gasteiger partial charge in [-0.05, 0) is 162 Å². The van der Waals surface area contributed by atoms with Crippen molar-refractivity contribution in [3.63, 3.8) is 0 Å². The van der Waals surface area contributed by atoms with Crippen molar-refractivity contribution in [2.45, 2.75) is 0 Å². The molecule has 2 nitrogen and oxygen atoms in total. The average Bonchev–Trinajstić information content (AvgIpc) is 3.55. The molecule has 13 aromatic carbocycles. The minimum absolute atomic E-state index is 1.09. The maximum atomic E-state index is 2.34. The number of hydrogen-bond acceptors (Lipinski definition) is 2. The van der Waals surface area contributed by atoms with Gasteiger partial charge in [0.2, 0.25) is 0 Å². The van der Waals surface area contributed by atoms with E-state index >= 15 is 0 Å². The highest BCUT2D eigenvalue weighted by molar-refractivity contribution is 5.84. The molecule has 0 bridgehead atoms. The van der Waals surface area contributed by atoms with Crippen molar-refractivity contribution < 1.29 is 0 Å². The smallest absolute Gasteiger partial charge is 0.0462 e. The Morgan fingerprint density at radius 1 is 0.100 bits per heavy atom. The fourth-order valence-electron chi connectivity index (χ4n) is 10.8. The SMILES string of the molecule is c1ccc(-c2ccc(-c3ccc(N(c4ccc(-c5ccccc5)cc4)c4ccc(-c5ccc(-c6ccc(N(c7ccc(-c8ccccc8)cc7)c7ccc(-c8ccc(-c9ccccc9)cc8)cc7)cc6)cc5)cc4)cc3)cc2)cc1. The summed E-state index contributed by atoms with van der Waals surface area (Å²) in [5.74, 6) is 0. The van der Waals surface area contributed by atoms with Crippen LogP contribution in [0.25, 0.3) is 89.0 Å². The minimum atomic E-state index is 1.09. The predicted octanol–water partition coefficient (Wildman–Crippen LogP) is 22.0. The molecule has 0 amide bonds. The zero-order valence-corrected chi connectivity index (χ0v) is 44.2. The van der Waals surface area contributed by atoms with Gasteiger partial charge < -0.3 is 9.80 Å². The van der Waals surface area contributed by atoms with E-state index in [1.165, 1.54) is 77.9 Å². The number of rotatable bonds is 14. The van der Waals surface area contributed by atoms with E-state index < -0.39 is 0 Å². The van der Waals surface area contributed by atoms with Crippen LogP contribution in [0.5, 0.6) is 0 Å². The second-order valence-corrected chi connectivity index (χ2v) is 20.1. The van der Waals surface area contributed by atoms with Gasteiger partial charge >= 0.3 is 0 Å². The monoisotopic (exact) mass is 1020 g/mol. The molecule has 0 fully saturated rings. The maximum absolute atomic E-state index is 2.34. The molecule has 0 saturated carbocycles. The summed E-state index contributed by atoms with van der Waals surface area (Å²) >= 11 is 0. The zero-order chi connectivity index (χ0) is 53.5. The van der Waals surface area contributed by atoms with Crippen LogP contribution in [-0.2, 0) is 0 Å². The van der Waals surface area contributed by atoms with Gasteiger partial charge in [-0.2, -0.15) is 0 Å². The molecule has 13 aromatic rings. The van der Waals surface area contributed by atoms with Gasteiger partial charge in [0.1, 0.15) is 0 Å². The minimum Gasteiger partial charge on any atom is -0.311 e. The van der Waals surface area contributed by atoms with Gasteiger partial charge in [-0.3, -0.25) is 0 Å². The molecule has 0 aliphatic rings. The summed E-state index contributed by atoms with van der Waals surface area (Å²) in [6, 6.07) is 122. The summed E-state index contributed by atoms with van der Waals surface area (Å²) in [6.45, 7) is 0. The maximum Gasteiger partial charge on any atom is 0.0462 e. The summed E-state index contributed by atoms with van der Waals surface area (Å²) < 4.78 is 0. The Kier molecular flexibility index (Phi) is 13.8. The Labute approximate surface area is 470 Å². The summed E-state index contributed by atoms with van der Waals surface area (Å²) in [5, 5.41) is 0. The molecule has 0 atom stereocenters. The van der Waals surface area contributed by atoms with Gasteiger partial charge in [-0.25, -0.2) is 0 Å². The van der Waals surface area contributed by atoms with Crippen LogP contribution < -0.4 is 9.80 Å². The topological polar surface area (TPSA) is 6.48 Å². The van der Waals surface area contributed by atoms with E-state index in [-0.39, 0.29) is 0 Å². The number of nitrogens with zero attached hydrogens (tertiary/aromatic N) is 2. The molecular weight excluding hydrogens is 965 g/mol. The van der Waals surface area contributed by atoms with Crippen molar-refractivity contribution in [1.82, 2.24) is 0 Å². The van der Waals surface area contributed by atoms with Crippen LogP contribution in [-0.4, -0.2) is 0 Å².